The Kier molecular flexibility index (Phi) is 4.72. The van der Waals surface area contributed by atoms with E-state index in [4.69, 9.17) is 15.4 Å². The lowest BCUT2D eigenvalue weighted by molar-refractivity contribution is -0.384. The number of nitrogens with two attached hydrogens (primary N) is 1. The number of hydrogen-bond donors (Lipinski definition) is 2. The van der Waals surface area contributed by atoms with E-state index < -0.39 is 22.4 Å². The zero-order chi connectivity index (χ0) is 17.7. The lowest BCUT2D eigenvalue weighted by atomic mass is 10.1. The summed E-state index contributed by atoms with van der Waals surface area (Å²) in [6.07, 6.45) is 1.09. The summed E-state index contributed by atoms with van der Waals surface area (Å²) >= 11 is 0. The number of para-hydroxylation sites is 1. The molecule has 1 aromatic heterocycles. The topological polar surface area (TPSA) is 152 Å². The van der Waals surface area contributed by atoms with E-state index in [9.17, 15) is 19.7 Å². The quantitative estimate of drug-likeness (QED) is 0.379. The van der Waals surface area contributed by atoms with Crippen molar-refractivity contribution in [2.75, 3.05) is 0 Å². The number of nitriles is 1. The number of nitrogens with zero attached hydrogens (tertiary/aromatic N) is 2. The van der Waals surface area contributed by atoms with E-state index in [1.54, 1.807) is 17.5 Å². The van der Waals surface area contributed by atoms with Gasteiger partial charge in [-0.15, -0.1) is 0 Å². The van der Waals surface area contributed by atoms with E-state index in [0.29, 0.717) is 0 Å². The second-order valence-electron chi connectivity index (χ2n) is 4.46. The maximum absolute atomic E-state index is 11.6. The van der Waals surface area contributed by atoms with E-state index >= 15 is 0 Å². The summed E-state index contributed by atoms with van der Waals surface area (Å²) in [5, 5.41) is 21.7. The number of amides is 3. The minimum Gasteiger partial charge on any atom is -0.456 e. The van der Waals surface area contributed by atoms with Gasteiger partial charge in [-0.2, -0.15) is 5.26 Å². The van der Waals surface area contributed by atoms with Gasteiger partial charge in [0.25, 0.3) is 11.6 Å². The molecule has 9 heteroatoms. The number of benzene rings is 1. The molecule has 0 bridgehead atoms. The number of furan rings is 1. The first-order valence-electron chi connectivity index (χ1n) is 6.48. The molecule has 24 heavy (non-hydrogen) atoms. The van der Waals surface area contributed by atoms with Gasteiger partial charge < -0.3 is 10.2 Å². The van der Waals surface area contributed by atoms with Gasteiger partial charge in [0.05, 0.1) is 10.5 Å². The van der Waals surface area contributed by atoms with Gasteiger partial charge in [0.1, 0.15) is 23.2 Å². The van der Waals surface area contributed by atoms with Crippen LogP contribution < -0.4 is 11.1 Å². The summed E-state index contributed by atoms with van der Waals surface area (Å²) in [5.41, 5.74) is 4.51. The molecule has 0 saturated carbocycles. The van der Waals surface area contributed by atoms with Crippen LogP contribution in [0.15, 0.2) is 46.4 Å². The lowest BCUT2D eigenvalue weighted by Crippen LogP contribution is -2.35. The number of imide groups is 1. The first-order valence-corrected chi connectivity index (χ1v) is 6.48. The molecule has 1 aromatic carbocycles. The zero-order valence-corrected chi connectivity index (χ0v) is 12.1. The normalized spacial score (nSPS) is 10.7. The van der Waals surface area contributed by atoms with E-state index in [1.807, 2.05) is 0 Å². The monoisotopic (exact) mass is 326 g/mol. The fourth-order valence-corrected chi connectivity index (χ4v) is 1.89. The minimum atomic E-state index is -1.10. The van der Waals surface area contributed by atoms with Gasteiger partial charge in [0.2, 0.25) is 0 Å². The number of rotatable bonds is 4. The Bertz CT molecular complexity index is 891. The predicted octanol–water partition coefficient (Wildman–Crippen LogP) is 1.96. The third-order valence-corrected chi connectivity index (χ3v) is 2.88. The number of carbonyl (C=O) groups excluding carboxylic acids is 2. The van der Waals surface area contributed by atoms with Crippen LogP contribution in [0.3, 0.4) is 0 Å². The number of carbonyl (C=O) groups is 2. The summed E-state index contributed by atoms with van der Waals surface area (Å²) < 4.78 is 5.42. The van der Waals surface area contributed by atoms with Crippen molar-refractivity contribution < 1.29 is 18.9 Å². The van der Waals surface area contributed by atoms with Crippen molar-refractivity contribution in [2.24, 2.45) is 5.73 Å². The van der Waals surface area contributed by atoms with Crippen molar-refractivity contribution >= 4 is 23.7 Å². The molecule has 0 unspecified atom stereocenters. The van der Waals surface area contributed by atoms with Crippen LogP contribution in [0.1, 0.15) is 5.76 Å². The smallest absolute Gasteiger partial charge is 0.319 e. The molecule has 0 spiro atoms. The van der Waals surface area contributed by atoms with Gasteiger partial charge in [-0.05, 0) is 18.2 Å². The molecule has 0 saturated heterocycles. The van der Waals surface area contributed by atoms with E-state index in [2.05, 4.69) is 0 Å². The summed E-state index contributed by atoms with van der Waals surface area (Å²) in [6.45, 7) is 0. The summed E-state index contributed by atoms with van der Waals surface area (Å²) in [6, 6.07) is 9.38. The van der Waals surface area contributed by atoms with Crippen LogP contribution >= 0.6 is 0 Å². The number of nitrogens with one attached hydrogen (secondary N) is 1. The molecular weight excluding hydrogens is 316 g/mol. The van der Waals surface area contributed by atoms with Crippen molar-refractivity contribution in [3.05, 3.63) is 57.8 Å². The van der Waals surface area contributed by atoms with Gasteiger partial charge >= 0.3 is 6.03 Å². The number of nitro groups is 1. The highest BCUT2D eigenvalue weighted by atomic mass is 16.6. The maximum Gasteiger partial charge on any atom is 0.319 e. The second-order valence-corrected chi connectivity index (χ2v) is 4.46. The third kappa shape index (κ3) is 3.63. The summed E-state index contributed by atoms with van der Waals surface area (Å²) in [4.78, 5) is 32.7. The Hall–Kier alpha value is -3.93. The van der Waals surface area contributed by atoms with Gasteiger partial charge in [-0.1, -0.05) is 12.1 Å². The average Bonchev–Trinajstić information content (AvgIpc) is 3.00. The maximum atomic E-state index is 11.6. The van der Waals surface area contributed by atoms with Gasteiger partial charge in [0.15, 0.2) is 0 Å². The van der Waals surface area contributed by atoms with Crippen molar-refractivity contribution in [3.8, 4) is 17.4 Å². The number of nitro benzene ring substituents is 1. The van der Waals surface area contributed by atoms with Crippen molar-refractivity contribution in [1.29, 1.82) is 5.26 Å². The predicted molar refractivity (Wildman–Crippen MR) is 82.1 cm³/mol. The molecule has 0 aliphatic carbocycles. The van der Waals surface area contributed by atoms with Crippen LogP contribution in [0, 0.1) is 21.4 Å². The largest absolute Gasteiger partial charge is 0.456 e. The molecular formula is C15H10N4O5. The Morgan fingerprint density at radius 3 is 2.62 bits per heavy atom. The molecule has 9 nitrogen and oxygen atoms in total. The van der Waals surface area contributed by atoms with E-state index in [-0.39, 0.29) is 22.8 Å². The van der Waals surface area contributed by atoms with Crippen LogP contribution in [0.2, 0.25) is 0 Å². The van der Waals surface area contributed by atoms with Gasteiger partial charge in [-0.25, -0.2) is 4.79 Å². The Labute approximate surface area is 135 Å². The summed E-state index contributed by atoms with van der Waals surface area (Å²) in [7, 11) is 0. The molecule has 0 radical (unpaired) electrons. The van der Waals surface area contributed by atoms with Crippen LogP contribution in [0.4, 0.5) is 10.5 Å². The molecule has 0 aliphatic heterocycles. The molecule has 1 heterocycles. The molecule has 120 valence electrons. The molecule has 0 aliphatic rings. The molecule has 3 N–H and O–H groups in total. The first kappa shape index (κ1) is 16.4. The van der Waals surface area contributed by atoms with Crippen LogP contribution in [0.25, 0.3) is 17.4 Å². The third-order valence-electron chi connectivity index (χ3n) is 2.88. The number of hydrogen-bond acceptors (Lipinski definition) is 6. The highest BCUT2D eigenvalue weighted by Crippen LogP contribution is 2.31. The highest BCUT2D eigenvalue weighted by Gasteiger charge is 2.17. The van der Waals surface area contributed by atoms with Crippen molar-refractivity contribution in [1.82, 2.24) is 5.32 Å². The average molecular weight is 326 g/mol. The Balaban J connectivity index is 2.36. The van der Waals surface area contributed by atoms with Gasteiger partial charge in [-0.3, -0.25) is 20.2 Å². The fourth-order valence-electron chi connectivity index (χ4n) is 1.89. The van der Waals surface area contributed by atoms with Crippen molar-refractivity contribution in [2.45, 2.75) is 0 Å². The number of urea groups is 1. The SMILES string of the molecule is N#C/C(=C\c1ccc(-c2ccccc2[N+](=O)[O-])o1)C(=O)NC(N)=O. The molecule has 2 aromatic rings. The van der Waals surface area contributed by atoms with Crippen LogP contribution in [-0.2, 0) is 4.79 Å². The number of primary amides is 1. The van der Waals surface area contributed by atoms with Crippen molar-refractivity contribution in [3.63, 3.8) is 0 Å². The molecule has 0 atom stereocenters. The lowest BCUT2D eigenvalue weighted by Gasteiger charge is -1.99. The van der Waals surface area contributed by atoms with E-state index in [1.165, 1.54) is 30.3 Å². The standard InChI is InChI=1S/C15H10N4O5/c16-8-9(14(20)18-15(17)21)7-10-5-6-13(24-10)11-3-1-2-4-12(11)19(22)23/h1-7H,(H3,17,18,20,21)/b9-7+. The highest BCUT2D eigenvalue weighted by molar-refractivity contribution is 6.08. The first-order chi connectivity index (χ1) is 11.4. The fraction of sp³-hybridized carbons (Fsp3) is 0. The van der Waals surface area contributed by atoms with Crippen LogP contribution in [-0.4, -0.2) is 16.9 Å². The molecule has 3 amide bonds. The Morgan fingerprint density at radius 1 is 1.29 bits per heavy atom. The van der Waals surface area contributed by atoms with Crippen LogP contribution in [0.5, 0.6) is 0 Å². The Morgan fingerprint density at radius 2 is 2.00 bits per heavy atom. The molecule has 2 rings (SSSR count). The summed E-state index contributed by atoms with van der Waals surface area (Å²) in [5.74, 6) is -0.672. The second kappa shape index (κ2) is 6.89. The van der Waals surface area contributed by atoms with E-state index in [0.717, 1.165) is 6.08 Å². The molecule has 0 fully saturated rings. The van der Waals surface area contributed by atoms with Gasteiger partial charge in [0, 0.05) is 12.1 Å². The zero-order valence-electron chi connectivity index (χ0n) is 12.1. The minimum absolute atomic E-state index is 0.110.